The molecule has 1 fully saturated rings. The highest BCUT2D eigenvalue weighted by atomic mass is 15.3. The van der Waals surface area contributed by atoms with Crippen molar-refractivity contribution in [3.8, 4) is 11.1 Å². The van der Waals surface area contributed by atoms with Crippen molar-refractivity contribution in [2.45, 2.75) is 44.3 Å². The average Bonchev–Trinajstić information content (AvgIpc) is 3.28. The predicted molar refractivity (Wildman–Crippen MR) is 127 cm³/mol. The van der Waals surface area contributed by atoms with E-state index in [1.54, 1.807) is 6.33 Å². The number of hydrogen-bond donors (Lipinski definition) is 1. The SMILES string of the molecule is CN(C)C1CCC(Nc2ncnc3ccc(-c4cnn(Cc5ccncc5)c4)cc23)CC1. The van der Waals surface area contributed by atoms with Crippen molar-refractivity contribution in [3.63, 3.8) is 0 Å². The molecule has 0 radical (unpaired) electrons. The van der Waals surface area contributed by atoms with Crippen LogP contribution < -0.4 is 5.32 Å². The third kappa shape index (κ3) is 4.48. The Kier molecular flexibility index (Phi) is 5.81. The van der Waals surface area contributed by atoms with E-state index in [1.807, 2.05) is 35.4 Å². The van der Waals surface area contributed by atoms with Gasteiger partial charge in [-0.25, -0.2) is 9.97 Å². The topological polar surface area (TPSA) is 71.8 Å². The summed E-state index contributed by atoms with van der Waals surface area (Å²) in [5, 5.41) is 9.31. The molecule has 4 aromatic rings. The van der Waals surface area contributed by atoms with Gasteiger partial charge in [0.2, 0.25) is 0 Å². The molecule has 0 unspecified atom stereocenters. The molecule has 164 valence electrons. The van der Waals surface area contributed by atoms with E-state index in [2.05, 4.69) is 68.8 Å². The monoisotopic (exact) mass is 427 g/mol. The van der Waals surface area contributed by atoms with E-state index in [9.17, 15) is 0 Å². The Bertz CT molecular complexity index is 1180. The minimum atomic E-state index is 0.455. The van der Waals surface area contributed by atoms with Crippen molar-refractivity contribution >= 4 is 16.7 Å². The molecule has 1 aromatic carbocycles. The molecule has 5 rings (SSSR count). The maximum absolute atomic E-state index is 4.59. The molecule has 3 heterocycles. The Morgan fingerprint density at radius 1 is 1.00 bits per heavy atom. The summed E-state index contributed by atoms with van der Waals surface area (Å²) in [5.74, 6) is 0.925. The summed E-state index contributed by atoms with van der Waals surface area (Å²) >= 11 is 0. The van der Waals surface area contributed by atoms with Gasteiger partial charge in [0.15, 0.2) is 0 Å². The molecule has 0 saturated heterocycles. The first-order chi connectivity index (χ1) is 15.7. The molecule has 32 heavy (non-hydrogen) atoms. The van der Waals surface area contributed by atoms with Gasteiger partial charge in [-0.05, 0) is 75.2 Å². The molecule has 1 N–H and O–H groups in total. The molecule has 1 aliphatic rings. The van der Waals surface area contributed by atoms with Crippen molar-refractivity contribution < 1.29 is 0 Å². The first-order valence-corrected chi connectivity index (χ1v) is 11.2. The van der Waals surface area contributed by atoms with Crippen LogP contribution in [0.4, 0.5) is 5.82 Å². The summed E-state index contributed by atoms with van der Waals surface area (Å²) in [6, 6.07) is 11.5. The highest BCUT2D eigenvalue weighted by molar-refractivity contribution is 5.92. The Hall–Kier alpha value is -3.32. The first kappa shape index (κ1) is 20.6. The molecular formula is C25H29N7. The third-order valence-electron chi connectivity index (χ3n) is 6.46. The summed E-state index contributed by atoms with van der Waals surface area (Å²) in [5.41, 5.74) is 4.34. The molecule has 3 aromatic heterocycles. The van der Waals surface area contributed by atoms with Crippen LogP contribution in [0.3, 0.4) is 0 Å². The van der Waals surface area contributed by atoms with Crippen LogP contribution in [0.5, 0.6) is 0 Å². The lowest BCUT2D eigenvalue weighted by atomic mass is 9.90. The second-order valence-corrected chi connectivity index (χ2v) is 8.85. The minimum Gasteiger partial charge on any atom is -0.367 e. The standard InChI is InChI=1S/C25H29N7/c1-31(2)22-6-4-21(5-7-22)30-25-23-13-19(3-8-24(23)27-17-28-25)20-14-29-32(16-20)15-18-9-11-26-12-10-18/h3,8-14,16-17,21-22H,4-7,15H2,1-2H3,(H,27,28,30). The second-order valence-electron chi connectivity index (χ2n) is 8.85. The van der Waals surface area contributed by atoms with Gasteiger partial charge in [-0.15, -0.1) is 0 Å². The molecule has 7 heteroatoms. The maximum Gasteiger partial charge on any atom is 0.137 e. The van der Waals surface area contributed by atoms with Crippen molar-refractivity contribution in [2.24, 2.45) is 0 Å². The van der Waals surface area contributed by atoms with Crippen LogP contribution in [0.2, 0.25) is 0 Å². The molecule has 0 bridgehead atoms. The van der Waals surface area contributed by atoms with Crippen LogP contribution in [-0.4, -0.2) is 55.8 Å². The molecule has 1 saturated carbocycles. The lowest BCUT2D eigenvalue weighted by Gasteiger charge is -2.33. The zero-order chi connectivity index (χ0) is 21.9. The van der Waals surface area contributed by atoms with Gasteiger partial charge in [-0.2, -0.15) is 5.10 Å². The predicted octanol–water partition coefficient (Wildman–Crippen LogP) is 4.22. The Balaban J connectivity index is 1.36. The largest absolute Gasteiger partial charge is 0.367 e. The Labute approximate surface area is 188 Å². The van der Waals surface area contributed by atoms with Crippen LogP contribution >= 0.6 is 0 Å². The molecular weight excluding hydrogens is 398 g/mol. The number of anilines is 1. The quantitative estimate of drug-likeness (QED) is 0.497. The normalized spacial score (nSPS) is 18.8. The summed E-state index contributed by atoms with van der Waals surface area (Å²) in [7, 11) is 4.36. The number of aromatic nitrogens is 5. The average molecular weight is 428 g/mol. The van der Waals surface area contributed by atoms with Crippen LogP contribution in [0.15, 0.2) is 61.4 Å². The molecule has 0 amide bonds. The number of fused-ring (bicyclic) bond motifs is 1. The van der Waals surface area contributed by atoms with E-state index >= 15 is 0 Å². The van der Waals surface area contributed by atoms with Crippen molar-refractivity contribution in [1.29, 1.82) is 0 Å². The number of hydrogen-bond acceptors (Lipinski definition) is 6. The van der Waals surface area contributed by atoms with Crippen LogP contribution in [0.1, 0.15) is 31.2 Å². The number of nitrogens with zero attached hydrogens (tertiary/aromatic N) is 6. The van der Waals surface area contributed by atoms with E-state index in [-0.39, 0.29) is 0 Å². The third-order valence-corrected chi connectivity index (χ3v) is 6.46. The first-order valence-electron chi connectivity index (χ1n) is 11.2. The molecule has 0 atom stereocenters. The zero-order valence-corrected chi connectivity index (χ0v) is 18.6. The smallest absolute Gasteiger partial charge is 0.137 e. The van der Waals surface area contributed by atoms with Crippen LogP contribution in [-0.2, 0) is 6.54 Å². The van der Waals surface area contributed by atoms with Crippen LogP contribution in [0, 0.1) is 0 Å². The fourth-order valence-electron chi connectivity index (χ4n) is 4.56. The van der Waals surface area contributed by atoms with Gasteiger partial charge in [0.1, 0.15) is 12.1 Å². The Morgan fingerprint density at radius 2 is 1.81 bits per heavy atom. The fourth-order valence-corrected chi connectivity index (χ4v) is 4.56. The van der Waals surface area contributed by atoms with Crippen molar-refractivity contribution in [1.82, 2.24) is 29.6 Å². The van der Waals surface area contributed by atoms with E-state index in [0.29, 0.717) is 12.1 Å². The fraction of sp³-hybridized carbons (Fsp3) is 0.360. The maximum atomic E-state index is 4.59. The molecule has 1 aliphatic carbocycles. The van der Waals surface area contributed by atoms with Crippen molar-refractivity contribution in [3.05, 3.63) is 67.0 Å². The van der Waals surface area contributed by atoms with E-state index in [0.717, 1.165) is 47.2 Å². The summed E-state index contributed by atoms with van der Waals surface area (Å²) in [6.07, 6.45) is 14.0. The molecule has 0 spiro atoms. The van der Waals surface area contributed by atoms with Gasteiger partial charge in [0, 0.05) is 41.6 Å². The summed E-state index contributed by atoms with van der Waals surface area (Å²) in [6.45, 7) is 0.724. The van der Waals surface area contributed by atoms with Crippen LogP contribution in [0.25, 0.3) is 22.0 Å². The summed E-state index contributed by atoms with van der Waals surface area (Å²) in [4.78, 5) is 15.5. The number of rotatable bonds is 6. The van der Waals surface area contributed by atoms with Gasteiger partial charge in [0.25, 0.3) is 0 Å². The van der Waals surface area contributed by atoms with E-state index in [1.165, 1.54) is 18.4 Å². The zero-order valence-electron chi connectivity index (χ0n) is 18.6. The number of benzene rings is 1. The molecule has 0 aliphatic heterocycles. The number of pyridine rings is 1. The van der Waals surface area contributed by atoms with E-state index in [4.69, 9.17) is 0 Å². The van der Waals surface area contributed by atoms with Crippen molar-refractivity contribution in [2.75, 3.05) is 19.4 Å². The summed E-state index contributed by atoms with van der Waals surface area (Å²) < 4.78 is 1.96. The van der Waals surface area contributed by atoms with E-state index < -0.39 is 0 Å². The van der Waals surface area contributed by atoms with Gasteiger partial charge in [0.05, 0.1) is 18.3 Å². The van der Waals surface area contributed by atoms with Gasteiger partial charge in [-0.1, -0.05) is 6.07 Å². The highest BCUT2D eigenvalue weighted by Crippen LogP contribution is 2.29. The molecule has 7 nitrogen and oxygen atoms in total. The number of nitrogens with one attached hydrogen (secondary N) is 1. The lowest BCUT2D eigenvalue weighted by Crippen LogP contribution is -2.36. The van der Waals surface area contributed by atoms with Gasteiger partial charge in [-0.3, -0.25) is 9.67 Å². The lowest BCUT2D eigenvalue weighted by molar-refractivity contribution is 0.221. The Morgan fingerprint density at radius 3 is 2.59 bits per heavy atom. The highest BCUT2D eigenvalue weighted by Gasteiger charge is 2.23. The van der Waals surface area contributed by atoms with Gasteiger partial charge < -0.3 is 10.2 Å². The minimum absolute atomic E-state index is 0.455. The second kappa shape index (κ2) is 9.04. The van der Waals surface area contributed by atoms with Gasteiger partial charge >= 0.3 is 0 Å².